The smallest absolute Gasteiger partial charge is 0.242 e. The van der Waals surface area contributed by atoms with Gasteiger partial charge in [-0.05, 0) is 73.3 Å². The van der Waals surface area contributed by atoms with Crippen LogP contribution in [0, 0.1) is 0 Å². The van der Waals surface area contributed by atoms with Gasteiger partial charge in [0.25, 0.3) is 0 Å². The third kappa shape index (κ3) is 5.88. The van der Waals surface area contributed by atoms with Gasteiger partial charge in [-0.1, -0.05) is 6.42 Å². The standard InChI is InChI=1S/C23H35N3O4/c1-13(2)25-23(30)19(26-22(29)18-11-8-12-24-18)10-7-6-9-17-16(5)20(27)14(3)15(4)21(17)28/h13,18-19,24H,6-12H2,1-5H3,(H,25,30)(H,26,29)/t18-,19?/m0/s1. The normalized spacial score (nSPS) is 20.8. The Morgan fingerprint density at radius 1 is 1.00 bits per heavy atom. The van der Waals surface area contributed by atoms with E-state index in [0.717, 1.165) is 19.4 Å². The summed E-state index contributed by atoms with van der Waals surface area (Å²) in [6, 6.07) is -0.862. The van der Waals surface area contributed by atoms with Gasteiger partial charge in [-0.2, -0.15) is 0 Å². The molecule has 2 amide bonds. The van der Waals surface area contributed by atoms with Crippen LogP contribution in [0.3, 0.4) is 0 Å². The molecule has 0 saturated carbocycles. The van der Waals surface area contributed by atoms with E-state index < -0.39 is 6.04 Å². The van der Waals surface area contributed by atoms with E-state index >= 15 is 0 Å². The molecule has 7 heteroatoms. The zero-order chi connectivity index (χ0) is 22.4. The number of unbranched alkanes of at least 4 members (excludes halogenated alkanes) is 1. The molecule has 2 atom stereocenters. The number of carbonyl (C=O) groups is 4. The van der Waals surface area contributed by atoms with Gasteiger partial charge < -0.3 is 16.0 Å². The molecule has 1 fully saturated rings. The first-order valence-corrected chi connectivity index (χ1v) is 10.9. The molecule has 1 aliphatic carbocycles. The number of hydrogen-bond donors (Lipinski definition) is 3. The van der Waals surface area contributed by atoms with Gasteiger partial charge in [0, 0.05) is 28.3 Å². The van der Waals surface area contributed by atoms with E-state index in [9.17, 15) is 19.2 Å². The van der Waals surface area contributed by atoms with Crippen molar-refractivity contribution >= 4 is 23.4 Å². The number of ketones is 2. The highest BCUT2D eigenvalue weighted by Crippen LogP contribution is 2.27. The molecule has 166 valence electrons. The Kier molecular flexibility index (Phi) is 8.53. The Balaban J connectivity index is 1.94. The third-order valence-corrected chi connectivity index (χ3v) is 5.92. The summed E-state index contributed by atoms with van der Waals surface area (Å²) in [6.45, 7) is 9.67. The van der Waals surface area contributed by atoms with Crippen LogP contribution in [0.25, 0.3) is 0 Å². The SMILES string of the molecule is CC1=C(C)C(=O)C(CCCCC(NC(=O)[C@@H]2CCCN2)C(=O)NC(C)C)=C(C)C1=O. The van der Waals surface area contributed by atoms with E-state index in [1.54, 1.807) is 20.8 Å². The van der Waals surface area contributed by atoms with E-state index in [4.69, 9.17) is 0 Å². The molecule has 0 aromatic heterocycles. The lowest BCUT2D eigenvalue weighted by Gasteiger charge is -2.22. The second-order valence-corrected chi connectivity index (χ2v) is 8.63. The molecule has 1 heterocycles. The summed E-state index contributed by atoms with van der Waals surface area (Å²) in [5.41, 5.74) is 2.14. The molecular weight excluding hydrogens is 382 g/mol. The van der Waals surface area contributed by atoms with Crippen LogP contribution in [-0.2, 0) is 19.2 Å². The third-order valence-electron chi connectivity index (χ3n) is 5.92. The van der Waals surface area contributed by atoms with Crippen molar-refractivity contribution in [2.24, 2.45) is 0 Å². The quantitative estimate of drug-likeness (QED) is 0.394. The molecule has 2 rings (SSSR count). The molecule has 0 radical (unpaired) electrons. The summed E-state index contributed by atoms with van der Waals surface area (Å²) in [4.78, 5) is 49.9. The highest BCUT2D eigenvalue weighted by atomic mass is 16.2. The van der Waals surface area contributed by atoms with Crippen molar-refractivity contribution in [3.63, 3.8) is 0 Å². The summed E-state index contributed by atoms with van der Waals surface area (Å²) in [5.74, 6) is -0.448. The Labute approximate surface area is 179 Å². The molecular formula is C23H35N3O4. The molecule has 0 bridgehead atoms. The second kappa shape index (κ2) is 10.7. The highest BCUT2D eigenvalue weighted by Gasteiger charge is 2.29. The van der Waals surface area contributed by atoms with Gasteiger partial charge in [-0.15, -0.1) is 0 Å². The zero-order valence-electron chi connectivity index (χ0n) is 18.8. The Hall–Kier alpha value is -2.28. The van der Waals surface area contributed by atoms with E-state index in [1.807, 2.05) is 13.8 Å². The second-order valence-electron chi connectivity index (χ2n) is 8.63. The van der Waals surface area contributed by atoms with Gasteiger partial charge in [0.05, 0.1) is 6.04 Å². The molecule has 1 unspecified atom stereocenters. The van der Waals surface area contributed by atoms with Crippen LogP contribution >= 0.6 is 0 Å². The Bertz CT molecular complexity index is 773. The Morgan fingerprint density at radius 3 is 2.27 bits per heavy atom. The van der Waals surface area contributed by atoms with E-state index in [-0.39, 0.29) is 35.5 Å². The summed E-state index contributed by atoms with van der Waals surface area (Å²) >= 11 is 0. The molecule has 0 spiro atoms. The van der Waals surface area contributed by atoms with Gasteiger partial charge in [-0.3, -0.25) is 19.2 Å². The lowest BCUT2D eigenvalue weighted by atomic mass is 9.84. The zero-order valence-corrected chi connectivity index (χ0v) is 18.8. The maximum Gasteiger partial charge on any atom is 0.242 e. The van der Waals surface area contributed by atoms with Gasteiger partial charge in [0.1, 0.15) is 6.04 Å². The highest BCUT2D eigenvalue weighted by molar-refractivity contribution is 6.24. The van der Waals surface area contributed by atoms with Crippen molar-refractivity contribution in [2.45, 2.75) is 91.3 Å². The number of rotatable bonds is 9. The van der Waals surface area contributed by atoms with Crippen molar-refractivity contribution in [1.82, 2.24) is 16.0 Å². The fourth-order valence-electron chi connectivity index (χ4n) is 3.94. The van der Waals surface area contributed by atoms with E-state index in [0.29, 0.717) is 48.0 Å². The first-order chi connectivity index (χ1) is 14.1. The van der Waals surface area contributed by atoms with E-state index in [1.165, 1.54) is 0 Å². The van der Waals surface area contributed by atoms with Gasteiger partial charge in [0.2, 0.25) is 11.8 Å². The van der Waals surface area contributed by atoms with Crippen LogP contribution < -0.4 is 16.0 Å². The summed E-state index contributed by atoms with van der Waals surface area (Å²) < 4.78 is 0. The maximum atomic E-state index is 12.6. The first kappa shape index (κ1) is 24.0. The number of Topliss-reactive ketones (excluding diaryl/α,β-unsaturated/α-hetero) is 2. The summed E-state index contributed by atoms with van der Waals surface area (Å²) in [7, 11) is 0. The fraction of sp³-hybridized carbons (Fsp3) is 0.652. The van der Waals surface area contributed by atoms with Crippen LogP contribution in [-0.4, -0.2) is 48.1 Å². The minimum atomic E-state index is -0.607. The van der Waals surface area contributed by atoms with Crippen molar-refractivity contribution in [2.75, 3.05) is 6.54 Å². The largest absolute Gasteiger partial charge is 0.352 e. The molecule has 0 aromatic carbocycles. The summed E-state index contributed by atoms with van der Waals surface area (Å²) in [5, 5.41) is 8.91. The van der Waals surface area contributed by atoms with Crippen molar-refractivity contribution in [3.8, 4) is 0 Å². The predicted molar refractivity (Wildman–Crippen MR) is 116 cm³/mol. The van der Waals surface area contributed by atoms with Crippen LogP contribution in [0.15, 0.2) is 22.3 Å². The van der Waals surface area contributed by atoms with Crippen molar-refractivity contribution in [3.05, 3.63) is 22.3 Å². The van der Waals surface area contributed by atoms with Crippen LogP contribution in [0.4, 0.5) is 0 Å². The molecule has 30 heavy (non-hydrogen) atoms. The topological polar surface area (TPSA) is 104 Å². The van der Waals surface area contributed by atoms with Crippen molar-refractivity contribution in [1.29, 1.82) is 0 Å². The van der Waals surface area contributed by atoms with Crippen LogP contribution in [0.5, 0.6) is 0 Å². The van der Waals surface area contributed by atoms with Gasteiger partial charge >= 0.3 is 0 Å². The van der Waals surface area contributed by atoms with E-state index in [2.05, 4.69) is 16.0 Å². The first-order valence-electron chi connectivity index (χ1n) is 10.9. The number of amides is 2. The minimum absolute atomic E-state index is 0.0156. The molecule has 2 aliphatic rings. The Morgan fingerprint density at radius 2 is 1.67 bits per heavy atom. The maximum absolute atomic E-state index is 12.6. The molecule has 0 aromatic rings. The summed E-state index contributed by atoms with van der Waals surface area (Å²) in [6.07, 6.45) is 4.04. The lowest BCUT2D eigenvalue weighted by Crippen LogP contribution is -2.52. The average molecular weight is 418 g/mol. The average Bonchev–Trinajstić information content (AvgIpc) is 3.23. The number of carbonyl (C=O) groups excluding carboxylic acids is 4. The van der Waals surface area contributed by atoms with Crippen LogP contribution in [0.2, 0.25) is 0 Å². The van der Waals surface area contributed by atoms with Crippen LogP contribution in [0.1, 0.15) is 73.1 Å². The lowest BCUT2D eigenvalue weighted by molar-refractivity contribution is -0.130. The molecule has 3 N–H and O–H groups in total. The minimum Gasteiger partial charge on any atom is -0.352 e. The fourth-order valence-corrected chi connectivity index (χ4v) is 3.94. The van der Waals surface area contributed by atoms with Gasteiger partial charge in [0.15, 0.2) is 11.6 Å². The molecule has 1 saturated heterocycles. The van der Waals surface area contributed by atoms with Crippen molar-refractivity contribution < 1.29 is 19.2 Å². The number of allylic oxidation sites excluding steroid dienone is 4. The predicted octanol–water partition coefficient (Wildman–Crippen LogP) is 2.11. The number of nitrogens with one attached hydrogen (secondary N) is 3. The number of hydrogen-bond acceptors (Lipinski definition) is 5. The van der Waals surface area contributed by atoms with Gasteiger partial charge in [-0.25, -0.2) is 0 Å². The molecule has 1 aliphatic heterocycles. The monoisotopic (exact) mass is 417 g/mol. The molecule has 7 nitrogen and oxygen atoms in total.